The van der Waals surface area contributed by atoms with Gasteiger partial charge in [0.1, 0.15) is 6.10 Å². The monoisotopic (exact) mass is 296 g/mol. The molecular weight excluding hydrogens is 280 g/mol. The second-order valence-corrected chi connectivity index (χ2v) is 5.20. The number of cyclic esters (lactones) is 1. The molecule has 0 aliphatic carbocycles. The van der Waals surface area contributed by atoms with E-state index in [2.05, 4.69) is 5.32 Å². The van der Waals surface area contributed by atoms with Gasteiger partial charge in [-0.2, -0.15) is 0 Å². The SMILES string of the molecule is CN1CC(CCNC(=O)Cc2ccccc2Cl)OC1=O. The van der Waals surface area contributed by atoms with Crippen molar-refractivity contribution in [1.82, 2.24) is 10.2 Å². The Hall–Kier alpha value is -1.75. The maximum absolute atomic E-state index is 11.8. The number of likely N-dealkylation sites (N-methyl/N-ethyl adjacent to an activating group) is 1. The van der Waals surface area contributed by atoms with Crippen LogP contribution in [-0.4, -0.2) is 43.1 Å². The van der Waals surface area contributed by atoms with Crippen LogP contribution in [0.15, 0.2) is 24.3 Å². The Bertz CT molecular complexity index is 507. The number of carbonyl (C=O) groups is 2. The first-order chi connectivity index (χ1) is 9.56. The summed E-state index contributed by atoms with van der Waals surface area (Å²) in [7, 11) is 1.69. The molecule has 0 saturated carbocycles. The van der Waals surface area contributed by atoms with Crippen LogP contribution in [0.3, 0.4) is 0 Å². The van der Waals surface area contributed by atoms with Gasteiger partial charge >= 0.3 is 6.09 Å². The number of carbonyl (C=O) groups excluding carboxylic acids is 2. The standard InChI is InChI=1S/C14H17ClN2O3/c1-17-9-11(20-14(17)19)6-7-16-13(18)8-10-4-2-3-5-12(10)15/h2-5,11H,6-9H2,1H3,(H,16,18). The number of benzene rings is 1. The van der Waals surface area contributed by atoms with Crippen LogP contribution >= 0.6 is 11.6 Å². The van der Waals surface area contributed by atoms with Crippen molar-refractivity contribution in [2.75, 3.05) is 20.1 Å². The molecule has 1 atom stereocenters. The van der Waals surface area contributed by atoms with Crippen molar-refractivity contribution >= 4 is 23.6 Å². The number of nitrogens with one attached hydrogen (secondary N) is 1. The minimum absolute atomic E-state index is 0.0872. The lowest BCUT2D eigenvalue weighted by Crippen LogP contribution is -2.29. The van der Waals surface area contributed by atoms with Crippen molar-refractivity contribution in [3.8, 4) is 0 Å². The molecule has 1 aliphatic rings. The Morgan fingerprint density at radius 2 is 2.25 bits per heavy atom. The third-order valence-electron chi connectivity index (χ3n) is 3.15. The topological polar surface area (TPSA) is 58.6 Å². The van der Waals surface area contributed by atoms with Gasteiger partial charge in [-0.15, -0.1) is 0 Å². The lowest BCUT2D eigenvalue weighted by atomic mass is 10.1. The summed E-state index contributed by atoms with van der Waals surface area (Å²) in [5.41, 5.74) is 0.804. The van der Waals surface area contributed by atoms with Crippen LogP contribution in [0.25, 0.3) is 0 Å². The summed E-state index contributed by atoms with van der Waals surface area (Å²) in [5.74, 6) is -0.0872. The van der Waals surface area contributed by atoms with Crippen molar-refractivity contribution in [3.05, 3.63) is 34.9 Å². The number of halogens is 1. The third kappa shape index (κ3) is 3.87. The highest BCUT2D eigenvalue weighted by Crippen LogP contribution is 2.15. The maximum atomic E-state index is 11.8. The number of nitrogens with zero attached hydrogens (tertiary/aromatic N) is 1. The minimum Gasteiger partial charge on any atom is -0.444 e. The van der Waals surface area contributed by atoms with Crippen LogP contribution in [0.5, 0.6) is 0 Å². The number of rotatable bonds is 5. The summed E-state index contributed by atoms with van der Waals surface area (Å²) < 4.78 is 5.11. The van der Waals surface area contributed by atoms with Gasteiger partial charge in [-0.25, -0.2) is 4.79 Å². The second kappa shape index (κ2) is 6.61. The average molecular weight is 297 g/mol. The largest absolute Gasteiger partial charge is 0.444 e. The molecule has 2 rings (SSSR count). The van der Waals surface area contributed by atoms with Gasteiger partial charge in [0.2, 0.25) is 5.91 Å². The van der Waals surface area contributed by atoms with E-state index < -0.39 is 0 Å². The highest BCUT2D eigenvalue weighted by molar-refractivity contribution is 6.31. The highest BCUT2D eigenvalue weighted by atomic mass is 35.5. The Balaban J connectivity index is 1.71. The van der Waals surface area contributed by atoms with E-state index in [1.807, 2.05) is 18.2 Å². The average Bonchev–Trinajstić information content (AvgIpc) is 2.71. The molecule has 1 saturated heterocycles. The van der Waals surface area contributed by atoms with E-state index in [0.29, 0.717) is 24.5 Å². The molecule has 1 aliphatic heterocycles. The zero-order valence-electron chi connectivity index (χ0n) is 11.3. The zero-order valence-corrected chi connectivity index (χ0v) is 12.0. The highest BCUT2D eigenvalue weighted by Gasteiger charge is 2.27. The smallest absolute Gasteiger partial charge is 0.409 e. The summed E-state index contributed by atoms with van der Waals surface area (Å²) >= 11 is 6.00. The number of amides is 2. The van der Waals surface area contributed by atoms with E-state index in [1.165, 1.54) is 4.90 Å². The van der Waals surface area contributed by atoms with Crippen LogP contribution < -0.4 is 5.32 Å². The number of hydrogen-bond donors (Lipinski definition) is 1. The molecule has 0 spiro atoms. The summed E-state index contributed by atoms with van der Waals surface area (Å²) in [5, 5.41) is 3.40. The Kier molecular flexibility index (Phi) is 4.84. The van der Waals surface area contributed by atoms with Gasteiger partial charge in [0, 0.05) is 25.0 Å². The normalized spacial score (nSPS) is 18.0. The lowest BCUT2D eigenvalue weighted by molar-refractivity contribution is -0.120. The molecule has 1 N–H and O–H groups in total. The van der Waals surface area contributed by atoms with E-state index in [0.717, 1.165) is 5.56 Å². The molecule has 108 valence electrons. The van der Waals surface area contributed by atoms with Crippen LogP contribution in [0, 0.1) is 0 Å². The first-order valence-corrected chi connectivity index (χ1v) is 6.86. The fourth-order valence-corrected chi connectivity index (χ4v) is 2.25. The first-order valence-electron chi connectivity index (χ1n) is 6.48. The van der Waals surface area contributed by atoms with Crippen molar-refractivity contribution in [1.29, 1.82) is 0 Å². The van der Waals surface area contributed by atoms with Gasteiger partial charge in [0.25, 0.3) is 0 Å². The first kappa shape index (κ1) is 14.7. The molecule has 1 heterocycles. The summed E-state index contributed by atoms with van der Waals surface area (Å²) in [6.45, 7) is 1.05. The van der Waals surface area contributed by atoms with E-state index in [9.17, 15) is 9.59 Å². The molecule has 0 radical (unpaired) electrons. The molecule has 5 nitrogen and oxygen atoms in total. The maximum Gasteiger partial charge on any atom is 0.409 e. The molecule has 0 bridgehead atoms. The van der Waals surface area contributed by atoms with E-state index in [4.69, 9.17) is 16.3 Å². The Labute approximate surface area is 122 Å². The molecule has 1 aromatic rings. The molecule has 6 heteroatoms. The molecule has 1 aromatic carbocycles. The van der Waals surface area contributed by atoms with Gasteiger partial charge in [-0.1, -0.05) is 29.8 Å². The fourth-order valence-electron chi connectivity index (χ4n) is 2.05. The molecule has 2 amide bonds. The Morgan fingerprint density at radius 1 is 1.50 bits per heavy atom. The van der Waals surface area contributed by atoms with Crippen LogP contribution in [0.1, 0.15) is 12.0 Å². The fraction of sp³-hybridized carbons (Fsp3) is 0.429. The van der Waals surface area contributed by atoms with Gasteiger partial charge in [0.15, 0.2) is 0 Å². The van der Waals surface area contributed by atoms with E-state index in [1.54, 1.807) is 13.1 Å². The molecule has 1 unspecified atom stereocenters. The predicted molar refractivity (Wildman–Crippen MR) is 75.7 cm³/mol. The zero-order chi connectivity index (χ0) is 14.5. The molecule has 1 fully saturated rings. The summed E-state index contributed by atoms with van der Waals surface area (Å²) in [4.78, 5) is 24.5. The van der Waals surface area contributed by atoms with Crippen LogP contribution in [0.4, 0.5) is 4.79 Å². The van der Waals surface area contributed by atoms with Crippen LogP contribution in [0.2, 0.25) is 5.02 Å². The van der Waals surface area contributed by atoms with Gasteiger partial charge < -0.3 is 15.0 Å². The van der Waals surface area contributed by atoms with Crippen molar-refractivity contribution in [3.63, 3.8) is 0 Å². The Morgan fingerprint density at radius 3 is 2.90 bits per heavy atom. The number of hydrogen-bond acceptors (Lipinski definition) is 3. The summed E-state index contributed by atoms with van der Waals surface area (Å²) in [6, 6.07) is 7.27. The summed E-state index contributed by atoms with van der Waals surface area (Å²) in [6.07, 6.45) is 0.416. The van der Waals surface area contributed by atoms with Gasteiger partial charge in [-0.05, 0) is 11.6 Å². The predicted octanol–water partition coefficient (Wildman–Crippen LogP) is 1.84. The molecule has 20 heavy (non-hydrogen) atoms. The van der Waals surface area contributed by atoms with Gasteiger partial charge in [0.05, 0.1) is 13.0 Å². The van der Waals surface area contributed by atoms with Crippen LogP contribution in [-0.2, 0) is 16.0 Å². The second-order valence-electron chi connectivity index (χ2n) is 4.79. The third-order valence-corrected chi connectivity index (χ3v) is 3.52. The molecule has 0 aromatic heterocycles. The van der Waals surface area contributed by atoms with E-state index >= 15 is 0 Å². The lowest BCUT2D eigenvalue weighted by Gasteiger charge is -2.09. The van der Waals surface area contributed by atoms with Crippen molar-refractivity contribution < 1.29 is 14.3 Å². The van der Waals surface area contributed by atoms with Gasteiger partial charge in [-0.3, -0.25) is 4.79 Å². The van der Waals surface area contributed by atoms with E-state index in [-0.39, 0.29) is 24.5 Å². The van der Waals surface area contributed by atoms with Crippen molar-refractivity contribution in [2.45, 2.75) is 18.9 Å². The van der Waals surface area contributed by atoms with Crippen molar-refractivity contribution in [2.24, 2.45) is 0 Å². The quantitative estimate of drug-likeness (QED) is 0.902. The number of ether oxygens (including phenoxy) is 1. The molecular formula is C14H17ClN2O3. The minimum atomic E-state index is -0.308.